The van der Waals surface area contributed by atoms with Crippen molar-refractivity contribution in [1.82, 2.24) is 4.67 Å². The first kappa shape index (κ1) is 21.9. The van der Waals surface area contributed by atoms with Crippen LogP contribution in [-0.2, 0) is 20.4 Å². The second kappa shape index (κ2) is 11.5. The summed E-state index contributed by atoms with van der Waals surface area (Å²) in [5.41, 5.74) is 6.96. The molecule has 1 aromatic rings. The molecule has 0 aliphatic carbocycles. The number of nitrogens with zero attached hydrogens (tertiary/aromatic N) is 1. The fourth-order valence-electron chi connectivity index (χ4n) is 1.99. The van der Waals surface area contributed by atoms with Crippen molar-refractivity contribution in [2.45, 2.75) is 26.6 Å². The number of hydrogen-bond donors (Lipinski definition) is 1. The van der Waals surface area contributed by atoms with Crippen molar-refractivity contribution in [2.24, 2.45) is 11.4 Å². The number of hydrogen-bond acceptors (Lipinski definition) is 3. The third-order valence-electron chi connectivity index (χ3n) is 3.76. The molecule has 3 atom stereocenters. The summed E-state index contributed by atoms with van der Waals surface area (Å²) in [4.78, 5) is 0. The molecule has 0 heterocycles. The largest absolute Gasteiger partial charge is 0.373 e. The van der Waals surface area contributed by atoms with E-state index in [1.165, 1.54) is 4.67 Å². The van der Waals surface area contributed by atoms with Gasteiger partial charge in [0.05, 0.1) is 19.3 Å². The zero-order valence-corrected chi connectivity index (χ0v) is 16.6. The van der Waals surface area contributed by atoms with E-state index < -0.39 is 7.67 Å². The van der Waals surface area contributed by atoms with Crippen molar-refractivity contribution in [3.63, 3.8) is 0 Å². The average Bonchev–Trinajstić information content (AvgIpc) is 2.58. The van der Waals surface area contributed by atoms with Gasteiger partial charge in [-0.2, -0.15) is 0 Å². The molecule has 2 N–H and O–H groups in total. The van der Waals surface area contributed by atoms with E-state index in [9.17, 15) is 4.57 Å². The second-order valence-corrected chi connectivity index (χ2v) is 8.38. The fourth-order valence-corrected chi connectivity index (χ4v) is 4.01. The van der Waals surface area contributed by atoms with Gasteiger partial charge in [0.2, 0.25) is 0 Å². The average molecular weight is 397 g/mol. The number of alkyl halides is 2. The molecule has 0 fully saturated rings. The van der Waals surface area contributed by atoms with E-state index in [-0.39, 0.29) is 18.6 Å². The molecule has 8 heteroatoms. The van der Waals surface area contributed by atoms with Crippen LogP contribution in [0.5, 0.6) is 0 Å². The number of halogens is 2. The SMILES string of the molecule is CC(COP(N)(=O)N(CCCl)CCCl)C(C)OCc1ccccc1. The standard InChI is InChI=1S/C16H27Cl2N2O3P/c1-14(15(2)22-13-16-6-4-3-5-7-16)12-23-24(19,21)20(10-8-17)11-9-18/h3-7,14-15H,8-13H2,1-2H3,(H2,19,21). The van der Waals surface area contributed by atoms with Crippen LogP contribution in [0.1, 0.15) is 19.4 Å². The highest BCUT2D eigenvalue weighted by Crippen LogP contribution is 2.42. The normalized spacial score (nSPS) is 16.8. The molecule has 0 bridgehead atoms. The third-order valence-corrected chi connectivity index (χ3v) is 5.80. The molecule has 0 aliphatic rings. The van der Waals surface area contributed by atoms with Crippen molar-refractivity contribution < 1.29 is 13.8 Å². The molecule has 0 radical (unpaired) electrons. The van der Waals surface area contributed by atoms with E-state index in [0.717, 1.165) is 5.56 Å². The van der Waals surface area contributed by atoms with E-state index in [1.54, 1.807) is 0 Å². The number of rotatable bonds is 12. The zero-order chi connectivity index (χ0) is 18.0. The maximum Gasteiger partial charge on any atom is 0.340 e. The van der Waals surface area contributed by atoms with Crippen LogP contribution in [0, 0.1) is 5.92 Å². The van der Waals surface area contributed by atoms with Crippen LogP contribution in [0.3, 0.4) is 0 Å². The van der Waals surface area contributed by atoms with Gasteiger partial charge in [-0.25, -0.2) is 10.2 Å². The summed E-state index contributed by atoms with van der Waals surface area (Å²) < 4.78 is 25.4. The van der Waals surface area contributed by atoms with Crippen molar-refractivity contribution in [2.75, 3.05) is 31.5 Å². The smallest absolute Gasteiger partial charge is 0.340 e. The Labute approximate surface area is 155 Å². The minimum absolute atomic E-state index is 0.0411. The van der Waals surface area contributed by atoms with Crippen molar-refractivity contribution in [3.8, 4) is 0 Å². The van der Waals surface area contributed by atoms with Gasteiger partial charge < -0.3 is 9.26 Å². The van der Waals surface area contributed by atoms with Gasteiger partial charge in [-0.05, 0) is 12.5 Å². The summed E-state index contributed by atoms with van der Waals surface area (Å²) in [7, 11) is -3.40. The maximum atomic E-state index is 12.5. The summed E-state index contributed by atoms with van der Waals surface area (Å²) >= 11 is 11.4. The predicted octanol–water partition coefficient (Wildman–Crippen LogP) is 4.09. The molecular formula is C16H27Cl2N2O3P. The molecule has 0 saturated heterocycles. The third kappa shape index (κ3) is 7.83. The van der Waals surface area contributed by atoms with Crippen LogP contribution in [0.25, 0.3) is 0 Å². The maximum absolute atomic E-state index is 12.5. The molecule has 0 saturated carbocycles. The van der Waals surface area contributed by atoms with E-state index >= 15 is 0 Å². The molecule has 138 valence electrons. The van der Waals surface area contributed by atoms with Gasteiger partial charge in [0, 0.05) is 30.8 Å². The summed E-state index contributed by atoms with van der Waals surface area (Å²) in [6.07, 6.45) is -0.0558. The first-order chi connectivity index (χ1) is 11.4. The van der Waals surface area contributed by atoms with Gasteiger partial charge in [0.15, 0.2) is 0 Å². The first-order valence-electron chi connectivity index (χ1n) is 7.96. The Balaban J connectivity index is 2.44. The molecule has 3 unspecified atom stereocenters. The monoisotopic (exact) mass is 396 g/mol. The summed E-state index contributed by atoms with van der Waals surface area (Å²) in [6.45, 7) is 5.45. The number of nitrogens with two attached hydrogens (primary N) is 1. The van der Waals surface area contributed by atoms with Gasteiger partial charge in [0.1, 0.15) is 0 Å². The van der Waals surface area contributed by atoms with Gasteiger partial charge in [-0.3, -0.25) is 4.57 Å². The Morgan fingerprint density at radius 1 is 1.17 bits per heavy atom. The molecule has 1 aromatic carbocycles. The Morgan fingerprint density at radius 3 is 2.29 bits per heavy atom. The summed E-state index contributed by atoms with van der Waals surface area (Å²) in [5, 5.41) is 0. The second-order valence-electron chi connectivity index (χ2n) is 5.67. The number of ether oxygens (including phenoxy) is 1. The van der Waals surface area contributed by atoms with Crippen LogP contribution < -0.4 is 5.50 Å². The quantitative estimate of drug-likeness (QED) is 0.425. The van der Waals surface area contributed by atoms with E-state index in [4.69, 9.17) is 38.0 Å². The fraction of sp³-hybridized carbons (Fsp3) is 0.625. The first-order valence-corrected chi connectivity index (χ1v) is 10.7. The lowest BCUT2D eigenvalue weighted by Crippen LogP contribution is -2.31. The van der Waals surface area contributed by atoms with Gasteiger partial charge in [-0.1, -0.05) is 37.3 Å². The van der Waals surface area contributed by atoms with Gasteiger partial charge in [0.25, 0.3) is 0 Å². The van der Waals surface area contributed by atoms with E-state index in [1.807, 2.05) is 44.2 Å². The molecular weight excluding hydrogens is 370 g/mol. The Kier molecular flexibility index (Phi) is 10.5. The van der Waals surface area contributed by atoms with Crippen molar-refractivity contribution >= 4 is 30.9 Å². The molecule has 24 heavy (non-hydrogen) atoms. The van der Waals surface area contributed by atoms with Crippen molar-refractivity contribution in [3.05, 3.63) is 35.9 Å². The molecule has 0 spiro atoms. The minimum atomic E-state index is -3.40. The summed E-state index contributed by atoms with van der Waals surface area (Å²) in [5.74, 6) is 0.667. The van der Waals surface area contributed by atoms with Crippen LogP contribution in [-0.4, -0.2) is 42.2 Å². The lowest BCUT2D eigenvalue weighted by molar-refractivity contribution is 0.00423. The molecule has 0 aliphatic heterocycles. The molecule has 0 aromatic heterocycles. The highest BCUT2D eigenvalue weighted by atomic mass is 35.5. The molecule has 0 amide bonds. The van der Waals surface area contributed by atoms with Gasteiger partial charge in [-0.15, -0.1) is 23.2 Å². The topological polar surface area (TPSA) is 64.8 Å². The van der Waals surface area contributed by atoms with Gasteiger partial charge >= 0.3 is 7.67 Å². The lowest BCUT2D eigenvalue weighted by Gasteiger charge is -2.28. The Hall–Kier alpha value is -0.130. The Morgan fingerprint density at radius 2 is 1.75 bits per heavy atom. The van der Waals surface area contributed by atoms with Crippen LogP contribution >= 0.6 is 30.9 Å². The molecule has 1 rings (SSSR count). The van der Waals surface area contributed by atoms with Crippen LogP contribution in [0.4, 0.5) is 0 Å². The molecule has 5 nitrogen and oxygen atoms in total. The lowest BCUT2D eigenvalue weighted by atomic mass is 10.1. The zero-order valence-electron chi connectivity index (χ0n) is 14.2. The Bertz CT molecular complexity index is 501. The predicted molar refractivity (Wildman–Crippen MR) is 101 cm³/mol. The van der Waals surface area contributed by atoms with Crippen LogP contribution in [0.15, 0.2) is 30.3 Å². The van der Waals surface area contributed by atoms with Crippen LogP contribution in [0.2, 0.25) is 0 Å². The van der Waals surface area contributed by atoms with Crippen molar-refractivity contribution in [1.29, 1.82) is 0 Å². The highest BCUT2D eigenvalue weighted by Gasteiger charge is 2.28. The van der Waals surface area contributed by atoms with E-state index in [0.29, 0.717) is 31.5 Å². The number of benzene rings is 1. The van der Waals surface area contributed by atoms with E-state index in [2.05, 4.69) is 0 Å². The minimum Gasteiger partial charge on any atom is -0.373 e. The highest BCUT2D eigenvalue weighted by molar-refractivity contribution is 7.53. The summed E-state index contributed by atoms with van der Waals surface area (Å²) in [6, 6.07) is 9.94.